The molecule has 3 aromatic rings. The van der Waals surface area contributed by atoms with E-state index in [4.69, 9.17) is 14.1 Å². The lowest BCUT2D eigenvalue weighted by Gasteiger charge is -2.26. The summed E-state index contributed by atoms with van der Waals surface area (Å²) in [5.74, 6) is 0.325. The average molecular weight is 404 g/mol. The van der Waals surface area contributed by atoms with Gasteiger partial charge in [0.25, 0.3) is 5.91 Å². The fourth-order valence-corrected chi connectivity index (χ4v) is 3.84. The molecule has 30 heavy (non-hydrogen) atoms. The molecule has 4 rings (SSSR count). The number of hydrogen-bond donors (Lipinski definition) is 0. The Hall–Kier alpha value is -3.41. The van der Waals surface area contributed by atoms with E-state index in [1.165, 1.54) is 4.90 Å². The maximum absolute atomic E-state index is 13.1. The van der Waals surface area contributed by atoms with Gasteiger partial charge in [-0.3, -0.25) is 4.79 Å². The number of rotatable bonds is 4. The van der Waals surface area contributed by atoms with E-state index in [9.17, 15) is 9.59 Å². The topological polar surface area (TPSA) is 72.6 Å². The Morgan fingerprint density at radius 3 is 2.73 bits per heavy atom. The standard InChI is InChI=1S/C24H24N2O4/c1-15-11-16(13-17-7-6-10-29-17)23-19(12-15)22(18-8-4-5-9-20(18)25-23)24(28)30-14-21(27)26(2)3/h4-10,13,15H,11-12,14H2,1-3H3/t15-/m0/s1. The van der Waals surface area contributed by atoms with Gasteiger partial charge in [0, 0.05) is 19.5 Å². The Morgan fingerprint density at radius 2 is 2.00 bits per heavy atom. The van der Waals surface area contributed by atoms with Gasteiger partial charge in [0.1, 0.15) is 5.76 Å². The number of likely N-dealkylation sites (N-methyl/N-ethyl adjacent to an activating group) is 1. The van der Waals surface area contributed by atoms with Crippen LogP contribution in [0.15, 0.2) is 47.1 Å². The Labute approximate surface area is 175 Å². The second kappa shape index (κ2) is 8.14. The Bertz CT molecular complexity index is 1130. The van der Waals surface area contributed by atoms with Gasteiger partial charge < -0.3 is 14.1 Å². The molecule has 0 saturated carbocycles. The van der Waals surface area contributed by atoms with Gasteiger partial charge in [-0.15, -0.1) is 0 Å². The van der Waals surface area contributed by atoms with E-state index in [1.807, 2.05) is 42.5 Å². The molecule has 0 aliphatic heterocycles. The van der Waals surface area contributed by atoms with Crippen molar-refractivity contribution in [1.29, 1.82) is 0 Å². The Balaban J connectivity index is 1.84. The van der Waals surface area contributed by atoms with Crippen LogP contribution in [0.4, 0.5) is 0 Å². The number of fused-ring (bicyclic) bond motifs is 2. The first-order valence-corrected chi connectivity index (χ1v) is 9.97. The summed E-state index contributed by atoms with van der Waals surface area (Å²) in [4.78, 5) is 31.3. The monoisotopic (exact) mass is 404 g/mol. The number of para-hydroxylation sites is 1. The van der Waals surface area contributed by atoms with E-state index in [0.29, 0.717) is 17.9 Å². The first-order valence-electron chi connectivity index (χ1n) is 9.97. The minimum Gasteiger partial charge on any atom is -0.465 e. The minimum atomic E-state index is -0.494. The SMILES string of the molecule is C[C@H]1CC(=Cc2ccco2)c2nc3ccccc3c(C(=O)OCC(=O)N(C)C)c2C1. The third kappa shape index (κ3) is 3.85. The van der Waals surface area contributed by atoms with Gasteiger partial charge in [-0.1, -0.05) is 25.1 Å². The molecule has 1 aliphatic rings. The maximum atomic E-state index is 13.1. The molecule has 2 heterocycles. The van der Waals surface area contributed by atoms with Gasteiger partial charge in [-0.2, -0.15) is 0 Å². The van der Waals surface area contributed by atoms with E-state index in [0.717, 1.165) is 39.9 Å². The van der Waals surface area contributed by atoms with Gasteiger partial charge in [-0.05, 0) is 54.2 Å². The number of aromatic nitrogens is 1. The fraction of sp³-hybridized carbons (Fsp3) is 0.292. The largest absolute Gasteiger partial charge is 0.465 e. The molecule has 1 amide bonds. The third-order valence-corrected chi connectivity index (χ3v) is 5.31. The molecule has 0 spiro atoms. The number of esters is 1. The zero-order valence-electron chi connectivity index (χ0n) is 17.3. The van der Waals surface area contributed by atoms with Crippen LogP contribution in [-0.2, 0) is 16.0 Å². The van der Waals surface area contributed by atoms with Crippen molar-refractivity contribution in [3.05, 3.63) is 65.2 Å². The summed E-state index contributed by atoms with van der Waals surface area (Å²) < 4.78 is 10.9. The third-order valence-electron chi connectivity index (χ3n) is 5.31. The van der Waals surface area contributed by atoms with Crippen LogP contribution >= 0.6 is 0 Å². The second-order valence-electron chi connectivity index (χ2n) is 7.89. The maximum Gasteiger partial charge on any atom is 0.339 e. The molecule has 0 N–H and O–H groups in total. The number of allylic oxidation sites excluding steroid dienone is 1. The summed E-state index contributed by atoms with van der Waals surface area (Å²) in [5.41, 5.74) is 3.92. The van der Waals surface area contributed by atoms with E-state index >= 15 is 0 Å². The van der Waals surface area contributed by atoms with Crippen LogP contribution in [0.25, 0.3) is 22.6 Å². The minimum absolute atomic E-state index is 0.262. The summed E-state index contributed by atoms with van der Waals surface area (Å²) in [6, 6.07) is 11.3. The number of nitrogens with zero attached hydrogens (tertiary/aromatic N) is 2. The summed E-state index contributed by atoms with van der Waals surface area (Å²) in [6.45, 7) is 1.86. The van der Waals surface area contributed by atoms with Gasteiger partial charge in [0.05, 0.1) is 23.0 Å². The van der Waals surface area contributed by atoms with Crippen LogP contribution in [0.2, 0.25) is 0 Å². The Kier molecular flexibility index (Phi) is 5.40. The molecule has 2 aromatic heterocycles. The van der Waals surface area contributed by atoms with Crippen molar-refractivity contribution in [1.82, 2.24) is 9.88 Å². The smallest absolute Gasteiger partial charge is 0.339 e. The lowest BCUT2D eigenvalue weighted by Crippen LogP contribution is -2.28. The van der Waals surface area contributed by atoms with Crippen LogP contribution < -0.4 is 0 Å². The fourth-order valence-electron chi connectivity index (χ4n) is 3.84. The predicted octanol–water partition coefficient (Wildman–Crippen LogP) is 4.20. The van der Waals surface area contributed by atoms with E-state index in [-0.39, 0.29) is 12.5 Å². The molecule has 1 aliphatic carbocycles. The average Bonchev–Trinajstić information content (AvgIpc) is 3.23. The highest BCUT2D eigenvalue weighted by Gasteiger charge is 2.29. The van der Waals surface area contributed by atoms with Crippen molar-refractivity contribution in [3.8, 4) is 0 Å². The molecule has 1 aromatic carbocycles. The molecule has 0 saturated heterocycles. The quantitative estimate of drug-likeness (QED) is 0.610. The molecule has 0 bridgehead atoms. The lowest BCUT2D eigenvalue weighted by molar-refractivity contribution is -0.131. The highest BCUT2D eigenvalue weighted by molar-refractivity contribution is 6.07. The molecule has 6 nitrogen and oxygen atoms in total. The zero-order valence-corrected chi connectivity index (χ0v) is 17.3. The van der Waals surface area contributed by atoms with E-state index in [2.05, 4.69) is 6.92 Å². The number of benzene rings is 1. The molecule has 1 atom stereocenters. The van der Waals surface area contributed by atoms with Crippen molar-refractivity contribution in [2.75, 3.05) is 20.7 Å². The summed E-state index contributed by atoms with van der Waals surface area (Å²) in [6.07, 6.45) is 5.18. The molecular formula is C24H24N2O4. The summed E-state index contributed by atoms with van der Waals surface area (Å²) in [7, 11) is 3.26. The molecule has 0 radical (unpaired) electrons. The van der Waals surface area contributed by atoms with Crippen molar-refractivity contribution in [3.63, 3.8) is 0 Å². The number of pyridine rings is 1. The predicted molar refractivity (Wildman–Crippen MR) is 115 cm³/mol. The molecule has 154 valence electrons. The number of carbonyl (C=O) groups is 2. The second-order valence-corrected chi connectivity index (χ2v) is 7.89. The van der Waals surface area contributed by atoms with E-state index < -0.39 is 5.97 Å². The van der Waals surface area contributed by atoms with Crippen molar-refractivity contribution >= 4 is 34.4 Å². The number of hydrogen-bond acceptors (Lipinski definition) is 5. The zero-order chi connectivity index (χ0) is 21.3. The van der Waals surface area contributed by atoms with Crippen LogP contribution in [0.1, 0.15) is 40.7 Å². The summed E-state index contributed by atoms with van der Waals surface area (Å²) in [5, 5.41) is 0.741. The number of carbonyl (C=O) groups excluding carboxylic acids is 2. The first-order chi connectivity index (χ1) is 14.4. The van der Waals surface area contributed by atoms with Gasteiger partial charge >= 0.3 is 5.97 Å². The highest BCUT2D eigenvalue weighted by Crippen LogP contribution is 2.38. The molecule has 0 fully saturated rings. The van der Waals surface area contributed by atoms with Crippen LogP contribution in [0.3, 0.4) is 0 Å². The number of amides is 1. The first kappa shape index (κ1) is 19.9. The van der Waals surface area contributed by atoms with Gasteiger partial charge in [0.2, 0.25) is 0 Å². The van der Waals surface area contributed by atoms with Crippen LogP contribution in [-0.4, -0.2) is 42.5 Å². The number of furan rings is 1. The summed E-state index contributed by atoms with van der Waals surface area (Å²) >= 11 is 0. The van der Waals surface area contributed by atoms with Crippen molar-refractivity contribution in [2.45, 2.75) is 19.8 Å². The van der Waals surface area contributed by atoms with Crippen LogP contribution in [0.5, 0.6) is 0 Å². The van der Waals surface area contributed by atoms with E-state index in [1.54, 1.807) is 20.4 Å². The normalized spacial score (nSPS) is 17.0. The van der Waals surface area contributed by atoms with Crippen LogP contribution in [0, 0.1) is 5.92 Å². The number of ether oxygens (including phenoxy) is 1. The van der Waals surface area contributed by atoms with Crippen molar-refractivity contribution in [2.24, 2.45) is 5.92 Å². The molecule has 0 unspecified atom stereocenters. The highest BCUT2D eigenvalue weighted by atomic mass is 16.5. The molecule has 6 heteroatoms. The Morgan fingerprint density at radius 1 is 1.20 bits per heavy atom. The molecular weight excluding hydrogens is 380 g/mol. The van der Waals surface area contributed by atoms with Gasteiger partial charge in [0.15, 0.2) is 6.61 Å². The lowest BCUT2D eigenvalue weighted by atomic mass is 9.81. The van der Waals surface area contributed by atoms with Crippen molar-refractivity contribution < 1.29 is 18.7 Å². The van der Waals surface area contributed by atoms with Gasteiger partial charge in [-0.25, -0.2) is 9.78 Å².